The quantitative estimate of drug-likeness (QED) is 0.792. The maximum Gasteiger partial charge on any atom is 0.238 e. The van der Waals surface area contributed by atoms with Crippen LogP contribution in [0.3, 0.4) is 0 Å². The molecule has 1 aromatic carbocycles. The number of methoxy groups -OCH3 is 1. The van der Waals surface area contributed by atoms with Crippen LogP contribution >= 0.6 is 11.3 Å². The zero-order chi connectivity index (χ0) is 17.5. The molecular weight excluding hydrogens is 322 g/mol. The van der Waals surface area contributed by atoms with Crippen molar-refractivity contribution in [2.75, 3.05) is 25.5 Å². The van der Waals surface area contributed by atoms with Gasteiger partial charge in [-0.15, -0.1) is 11.3 Å². The number of ether oxygens (including phenoxy) is 1. The molecule has 1 heterocycles. The average molecular weight is 347 g/mol. The molecular formula is C18H25N3O2S. The molecule has 0 aliphatic carbocycles. The summed E-state index contributed by atoms with van der Waals surface area (Å²) in [4.78, 5) is 20.3. The number of nitrogens with zero attached hydrogens (tertiary/aromatic N) is 2. The van der Waals surface area contributed by atoms with Gasteiger partial charge in [-0.05, 0) is 38.9 Å². The van der Waals surface area contributed by atoms with Crippen molar-refractivity contribution >= 4 is 22.9 Å². The number of carbonyl (C=O) groups excluding carboxylic acids is 1. The summed E-state index contributed by atoms with van der Waals surface area (Å²) in [6.45, 7) is 8.11. The SMILES string of the molecule is CCCN(CC(=O)Nc1ccccc1OC)Cc1nc(C)c(C)s1. The molecule has 6 heteroatoms. The first kappa shape index (κ1) is 18.4. The Bertz CT molecular complexity index is 665. The average Bonchev–Trinajstić information content (AvgIpc) is 2.85. The largest absolute Gasteiger partial charge is 0.495 e. The highest BCUT2D eigenvalue weighted by molar-refractivity contribution is 7.11. The molecule has 1 N–H and O–H groups in total. The summed E-state index contributed by atoms with van der Waals surface area (Å²) in [6.07, 6.45) is 0.991. The number of hydrogen-bond donors (Lipinski definition) is 1. The number of anilines is 1. The van der Waals surface area contributed by atoms with Gasteiger partial charge in [0.15, 0.2) is 0 Å². The monoisotopic (exact) mass is 347 g/mol. The highest BCUT2D eigenvalue weighted by atomic mass is 32.1. The van der Waals surface area contributed by atoms with E-state index >= 15 is 0 Å². The number of aromatic nitrogens is 1. The van der Waals surface area contributed by atoms with Gasteiger partial charge in [-0.2, -0.15) is 0 Å². The molecule has 0 atom stereocenters. The highest BCUT2D eigenvalue weighted by Crippen LogP contribution is 2.23. The van der Waals surface area contributed by atoms with E-state index in [4.69, 9.17) is 4.74 Å². The van der Waals surface area contributed by atoms with E-state index in [1.807, 2.05) is 31.2 Å². The third-order valence-corrected chi connectivity index (χ3v) is 4.78. The van der Waals surface area contributed by atoms with Crippen LogP contribution in [0, 0.1) is 13.8 Å². The first-order valence-corrected chi connectivity index (χ1v) is 8.93. The van der Waals surface area contributed by atoms with E-state index in [0.717, 1.165) is 23.7 Å². The normalized spacial score (nSPS) is 10.9. The second kappa shape index (κ2) is 8.80. The van der Waals surface area contributed by atoms with Crippen molar-refractivity contribution in [3.8, 4) is 5.75 Å². The van der Waals surface area contributed by atoms with E-state index in [1.54, 1.807) is 18.4 Å². The lowest BCUT2D eigenvalue weighted by molar-refractivity contribution is -0.117. The lowest BCUT2D eigenvalue weighted by Crippen LogP contribution is -2.33. The lowest BCUT2D eigenvalue weighted by Gasteiger charge is -2.20. The van der Waals surface area contributed by atoms with Crippen molar-refractivity contribution in [2.45, 2.75) is 33.7 Å². The molecule has 2 aromatic rings. The highest BCUT2D eigenvalue weighted by Gasteiger charge is 2.14. The van der Waals surface area contributed by atoms with Crippen LogP contribution < -0.4 is 10.1 Å². The Morgan fingerprint density at radius 3 is 2.71 bits per heavy atom. The van der Waals surface area contributed by atoms with Crippen molar-refractivity contribution in [2.24, 2.45) is 0 Å². The fraction of sp³-hybridized carbons (Fsp3) is 0.444. The lowest BCUT2D eigenvalue weighted by atomic mass is 10.3. The molecule has 0 unspecified atom stereocenters. The van der Waals surface area contributed by atoms with Gasteiger partial charge in [0, 0.05) is 4.88 Å². The van der Waals surface area contributed by atoms with Gasteiger partial charge in [-0.3, -0.25) is 9.69 Å². The molecule has 130 valence electrons. The molecule has 0 bridgehead atoms. The Labute approximate surface area is 147 Å². The minimum Gasteiger partial charge on any atom is -0.495 e. The molecule has 1 amide bonds. The van der Waals surface area contributed by atoms with Crippen LogP contribution in [0.2, 0.25) is 0 Å². The van der Waals surface area contributed by atoms with Gasteiger partial charge < -0.3 is 10.1 Å². The molecule has 0 saturated heterocycles. The maximum absolute atomic E-state index is 12.4. The second-order valence-corrected chi connectivity index (χ2v) is 7.00. The van der Waals surface area contributed by atoms with E-state index in [0.29, 0.717) is 24.5 Å². The number of aryl methyl sites for hydroxylation is 2. The molecule has 0 fully saturated rings. The minimum absolute atomic E-state index is 0.0436. The van der Waals surface area contributed by atoms with Crippen molar-refractivity contribution < 1.29 is 9.53 Å². The summed E-state index contributed by atoms with van der Waals surface area (Å²) in [5.41, 5.74) is 1.77. The van der Waals surface area contributed by atoms with Crippen LogP contribution in [0.4, 0.5) is 5.69 Å². The Balaban J connectivity index is 2.00. The maximum atomic E-state index is 12.4. The van der Waals surface area contributed by atoms with Crippen molar-refractivity contribution in [1.82, 2.24) is 9.88 Å². The van der Waals surface area contributed by atoms with Gasteiger partial charge >= 0.3 is 0 Å². The molecule has 0 radical (unpaired) electrons. The molecule has 5 nitrogen and oxygen atoms in total. The Kier molecular flexibility index (Phi) is 6.75. The number of nitrogens with one attached hydrogen (secondary N) is 1. The summed E-state index contributed by atoms with van der Waals surface area (Å²) >= 11 is 1.70. The van der Waals surface area contributed by atoms with Gasteiger partial charge in [0.2, 0.25) is 5.91 Å². The van der Waals surface area contributed by atoms with Crippen LogP contribution in [-0.4, -0.2) is 36.0 Å². The fourth-order valence-electron chi connectivity index (χ4n) is 2.47. The number of para-hydroxylation sites is 2. The van der Waals surface area contributed by atoms with Gasteiger partial charge in [0.25, 0.3) is 0 Å². The minimum atomic E-state index is -0.0436. The van der Waals surface area contributed by atoms with Crippen molar-refractivity contribution in [1.29, 1.82) is 0 Å². The van der Waals surface area contributed by atoms with Crippen LogP contribution in [0.15, 0.2) is 24.3 Å². The van der Waals surface area contributed by atoms with Crippen LogP contribution in [0.1, 0.15) is 28.9 Å². The zero-order valence-corrected chi connectivity index (χ0v) is 15.6. The molecule has 24 heavy (non-hydrogen) atoms. The summed E-state index contributed by atoms with van der Waals surface area (Å²) in [5.74, 6) is 0.622. The summed E-state index contributed by atoms with van der Waals surface area (Å²) in [7, 11) is 1.60. The molecule has 0 spiro atoms. The van der Waals surface area contributed by atoms with Gasteiger partial charge in [0.1, 0.15) is 10.8 Å². The van der Waals surface area contributed by atoms with Gasteiger partial charge in [0.05, 0.1) is 31.6 Å². The van der Waals surface area contributed by atoms with Gasteiger partial charge in [-0.25, -0.2) is 4.98 Å². The van der Waals surface area contributed by atoms with Crippen LogP contribution in [0.5, 0.6) is 5.75 Å². The number of thiazole rings is 1. The number of benzene rings is 1. The number of carbonyl (C=O) groups is 1. The van der Waals surface area contributed by atoms with E-state index in [2.05, 4.69) is 29.0 Å². The van der Waals surface area contributed by atoms with Crippen LogP contribution in [0.25, 0.3) is 0 Å². The smallest absolute Gasteiger partial charge is 0.238 e. The predicted molar refractivity (Wildman–Crippen MR) is 98.8 cm³/mol. The standard InChI is InChI=1S/C18H25N3O2S/c1-5-10-21(12-18-19-13(2)14(3)24-18)11-17(22)20-15-8-6-7-9-16(15)23-4/h6-9H,5,10-12H2,1-4H3,(H,20,22). The molecule has 1 aromatic heterocycles. The second-order valence-electron chi connectivity index (χ2n) is 5.71. The topological polar surface area (TPSA) is 54.5 Å². The van der Waals surface area contributed by atoms with Gasteiger partial charge in [-0.1, -0.05) is 19.1 Å². The zero-order valence-electron chi connectivity index (χ0n) is 14.8. The summed E-state index contributed by atoms with van der Waals surface area (Å²) < 4.78 is 5.27. The molecule has 0 saturated carbocycles. The number of hydrogen-bond acceptors (Lipinski definition) is 5. The molecule has 0 aliphatic rings. The van der Waals surface area contributed by atoms with Crippen LogP contribution in [-0.2, 0) is 11.3 Å². The Morgan fingerprint density at radius 2 is 2.08 bits per heavy atom. The van der Waals surface area contributed by atoms with Crippen molar-refractivity contribution in [3.05, 3.63) is 39.8 Å². The van der Waals surface area contributed by atoms with E-state index in [1.165, 1.54) is 4.88 Å². The fourth-order valence-corrected chi connectivity index (χ4v) is 3.45. The number of amides is 1. The van der Waals surface area contributed by atoms with Crippen molar-refractivity contribution in [3.63, 3.8) is 0 Å². The Morgan fingerprint density at radius 1 is 1.33 bits per heavy atom. The molecule has 2 rings (SSSR count). The summed E-state index contributed by atoms with van der Waals surface area (Å²) in [6, 6.07) is 7.43. The molecule has 0 aliphatic heterocycles. The van der Waals surface area contributed by atoms with E-state index in [-0.39, 0.29) is 5.91 Å². The first-order chi connectivity index (χ1) is 11.5. The van der Waals surface area contributed by atoms with E-state index < -0.39 is 0 Å². The summed E-state index contributed by atoms with van der Waals surface area (Å²) in [5, 5.41) is 3.99. The Hall–Kier alpha value is -1.92. The third-order valence-electron chi connectivity index (χ3n) is 3.72. The predicted octanol–water partition coefficient (Wildman–Crippen LogP) is 3.62. The third kappa shape index (κ3) is 5.04. The van der Waals surface area contributed by atoms with E-state index in [9.17, 15) is 4.79 Å². The number of rotatable bonds is 8. The first-order valence-electron chi connectivity index (χ1n) is 8.11.